The Kier molecular flexibility index (Phi) is 3.78. The predicted molar refractivity (Wildman–Crippen MR) is 90.2 cm³/mol. The third kappa shape index (κ3) is 3.04. The molecule has 2 aromatic rings. The zero-order valence-corrected chi connectivity index (χ0v) is 13.2. The number of rotatable bonds is 3. The first-order valence-corrected chi connectivity index (χ1v) is 7.40. The van der Waals surface area contributed by atoms with Crippen molar-refractivity contribution in [3.8, 4) is 16.9 Å². The Hall–Kier alpha value is -2.82. The van der Waals surface area contributed by atoms with Crippen molar-refractivity contribution in [2.75, 3.05) is 7.11 Å². The lowest BCUT2D eigenvalue weighted by Gasteiger charge is -2.30. The van der Waals surface area contributed by atoms with E-state index in [1.54, 1.807) is 7.11 Å². The van der Waals surface area contributed by atoms with Gasteiger partial charge in [-0.2, -0.15) is 0 Å². The van der Waals surface area contributed by atoms with E-state index >= 15 is 0 Å². The van der Waals surface area contributed by atoms with Gasteiger partial charge in [0.25, 0.3) is 0 Å². The summed E-state index contributed by atoms with van der Waals surface area (Å²) >= 11 is 0. The summed E-state index contributed by atoms with van der Waals surface area (Å²) in [7, 11) is 1.65. The van der Waals surface area contributed by atoms with Gasteiger partial charge >= 0.3 is 0 Å². The third-order valence-electron chi connectivity index (χ3n) is 4.03. The van der Waals surface area contributed by atoms with Crippen molar-refractivity contribution in [1.82, 2.24) is 5.32 Å². The molecule has 0 spiro atoms. The molecule has 1 unspecified atom stereocenters. The van der Waals surface area contributed by atoms with Gasteiger partial charge in [-0.3, -0.25) is 10.1 Å². The van der Waals surface area contributed by atoms with Crippen LogP contribution in [0.5, 0.6) is 5.75 Å². The van der Waals surface area contributed by atoms with Gasteiger partial charge in [-0.15, -0.1) is 0 Å². The number of nitrogens with zero attached hydrogens (tertiary/aromatic N) is 1. The zero-order chi connectivity index (χ0) is 16.4. The van der Waals surface area contributed by atoms with E-state index in [1.807, 2.05) is 55.5 Å². The Labute approximate surface area is 135 Å². The molecule has 0 aromatic heterocycles. The summed E-state index contributed by atoms with van der Waals surface area (Å²) < 4.78 is 5.28. The van der Waals surface area contributed by atoms with Crippen LogP contribution in [-0.2, 0) is 10.3 Å². The molecule has 1 aliphatic rings. The van der Waals surface area contributed by atoms with Crippen molar-refractivity contribution in [3.05, 3.63) is 54.1 Å². The van der Waals surface area contributed by atoms with Crippen LogP contribution in [0.4, 0.5) is 0 Å². The highest BCUT2D eigenvalue weighted by atomic mass is 16.5. The number of benzene rings is 2. The van der Waals surface area contributed by atoms with E-state index in [1.165, 1.54) is 0 Å². The van der Waals surface area contributed by atoms with Gasteiger partial charge in [-0.1, -0.05) is 30.3 Å². The minimum absolute atomic E-state index is 0.119. The maximum absolute atomic E-state index is 11.8. The van der Waals surface area contributed by atoms with Crippen LogP contribution in [0, 0.1) is 0 Å². The minimum Gasteiger partial charge on any atom is -0.497 e. The van der Waals surface area contributed by atoms with Crippen molar-refractivity contribution >= 4 is 11.9 Å². The summed E-state index contributed by atoms with van der Waals surface area (Å²) in [5.41, 5.74) is 8.12. The fourth-order valence-corrected chi connectivity index (χ4v) is 2.84. The van der Waals surface area contributed by atoms with Crippen LogP contribution < -0.4 is 15.8 Å². The highest BCUT2D eigenvalue weighted by molar-refractivity contribution is 5.99. The maximum Gasteiger partial charge on any atom is 0.229 e. The number of hydrogen-bond donors (Lipinski definition) is 2. The Morgan fingerprint density at radius 3 is 2.57 bits per heavy atom. The minimum atomic E-state index is -0.651. The molecule has 0 fully saturated rings. The highest BCUT2D eigenvalue weighted by Crippen LogP contribution is 2.34. The van der Waals surface area contributed by atoms with Crippen molar-refractivity contribution in [3.63, 3.8) is 0 Å². The third-order valence-corrected chi connectivity index (χ3v) is 4.03. The van der Waals surface area contributed by atoms with Gasteiger partial charge in [0.2, 0.25) is 5.91 Å². The van der Waals surface area contributed by atoms with Crippen molar-refractivity contribution in [2.24, 2.45) is 10.7 Å². The first-order valence-electron chi connectivity index (χ1n) is 7.40. The van der Waals surface area contributed by atoms with E-state index < -0.39 is 5.54 Å². The Morgan fingerprint density at radius 2 is 1.87 bits per heavy atom. The SMILES string of the molecule is COc1cccc(-c2cccc(C3(C)CC(=O)NC(N)=N3)c2)c1. The molecule has 0 radical (unpaired) electrons. The molecule has 2 aromatic carbocycles. The van der Waals surface area contributed by atoms with E-state index in [0.717, 1.165) is 22.4 Å². The number of guanidine groups is 1. The molecule has 0 saturated carbocycles. The summed E-state index contributed by atoms with van der Waals surface area (Å²) in [6.07, 6.45) is 0.273. The van der Waals surface area contributed by atoms with Crippen LogP contribution in [0.15, 0.2) is 53.5 Å². The Morgan fingerprint density at radius 1 is 1.17 bits per heavy atom. The van der Waals surface area contributed by atoms with Gasteiger partial charge in [0.15, 0.2) is 5.96 Å². The van der Waals surface area contributed by atoms with Gasteiger partial charge in [0.05, 0.1) is 19.1 Å². The standard InChI is InChI=1S/C18H19N3O2/c1-18(11-16(22)20-17(19)21-18)14-7-3-5-12(9-14)13-6-4-8-15(10-13)23-2/h3-10H,11H2,1-2H3,(H3,19,20,21,22). The van der Waals surface area contributed by atoms with Crippen LogP contribution >= 0.6 is 0 Å². The first kappa shape index (κ1) is 15.1. The van der Waals surface area contributed by atoms with E-state index in [9.17, 15) is 4.79 Å². The van der Waals surface area contributed by atoms with E-state index in [4.69, 9.17) is 10.5 Å². The molecule has 1 aliphatic heterocycles. The monoisotopic (exact) mass is 309 g/mol. The topological polar surface area (TPSA) is 76.7 Å². The predicted octanol–water partition coefficient (Wildman–Crippen LogP) is 2.41. The molecular weight excluding hydrogens is 290 g/mol. The maximum atomic E-state index is 11.8. The second-order valence-corrected chi connectivity index (χ2v) is 5.81. The van der Waals surface area contributed by atoms with Crippen LogP contribution in [0.25, 0.3) is 11.1 Å². The van der Waals surface area contributed by atoms with Crippen molar-refractivity contribution in [2.45, 2.75) is 18.9 Å². The number of carbonyl (C=O) groups excluding carboxylic acids is 1. The van der Waals surface area contributed by atoms with Crippen molar-refractivity contribution < 1.29 is 9.53 Å². The Bertz CT molecular complexity index is 785. The molecule has 3 rings (SSSR count). The van der Waals surface area contributed by atoms with Crippen LogP contribution in [0.3, 0.4) is 0 Å². The lowest BCUT2D eigenvalue weighted by molar-refractivity contribution is -0.121. The van der Waals surface area contributed by atoms with Gasteiger partial charge in [-0.25, -0.2) is 4.99 Å². The van der Waals surface area contributed by atoms with Gasteiger partial charge < -0.3 is 10.5 Å². The quantitative estimate of drug-likeness (QED) is 0.914. The number of ether oxygens (including phenoxy) is 1. The second-order valence-electron chi connectivity index (χ2n) is 5.81. The molecule has 5 nitrogen and oxygen atoms in total. The highest BCUT2D eigenvalue weighted by Gasteiger charge is 2.33. The number of hydrogen-bond acceptors (Lipinski definition) is 4. The van der Waals surface area contributed by atoms with Crippen LogP contribution in [-0.4, -0.2) is 19.0 Å². The molecule has 3 N–H and O–H groups in total. The molecule has 1 atom stereocenters. The largest absolute Gasteiger partial charge is 0.497 e. The number of carbonyl (C=O) groups is 1. The van der Waals surface area contributed by atoms with Crippen LogP contribution in [0.2, 0.25) is 0 Å². The van der Waals surface area contributed by atoms with Gasteiger partial charge in [-0.05, 0) is 41.8 Å². The number of aliphatic imine (C=N–C) groups is 1. The summed E-state index contributed by atoms with van der Waals surface area (Å²) in [6.45, 7) is 1.92. The van der Waals surface area contributed by atoms with E-state index in [0.29, 0.717) is 0 Å². The smallest absolute Gasteiger partial charge is 0.229 e. The van der Waals surface area contributed by atoms with Crippen molar-refractivity contribution in [1.29, 1.82) is 0 Å². The fraction of sp³-hybridized carbons (Fsp3) is 0.222. The number of amides is 1. The molecular formula is C18H19N3O2. The number of nitrogens with one attached hydrogen (secondary N) is 1. The molecule has 23 heavy (non-hydrogen) atoms. The first-order chi connectivity index (χ1) is 11.0. The normalized spacial score (nSPS) is 20.6. The fourth-order valence-electron chi connectivity index (χ4n) is 2.84. The molecule has 0 saturated heterocycles. The molecule has 118 valence electrons. The van der Waals surface area contributed by atoms with Gasteiger partial charge in [0.1, 0.15) is 5.75 Å². The van der Waals surface area contributed by atoms with Gasteiger partial charge in [0, 0.05) is 0 Å². The zero-order valence-electron chi connectivity index (χ0n) is 13.2. The van der Waals surface area contributed by atoms with E-state index in [2.05, 4.69) is 10.3 Å². The number of nitrogens with two attached hydrogens (primary N) is 1. The molecule has 5 heteroatoms. The van der Waals surface area contributed by atoms with Crippen LogP contribution in [0.1, 0.15) is 18.9 Å². The Balaban J connectivity index is 2.03. The molecule has 1 heterocycles. The lowest BCUT2D eigenvalue weighted by Crippen LogP contribution is -2.46. The molecule has 1 amide bonds. The average Bonchev–Trinajstić information content (AvgIpc) is 2.54. The summed E-state index contributed by atoms with van der Waals surface area (Å²) in [4.78, 5) is 16.3. The summed E-state index contributed by atoms with van der Waals surface area (Å²) in [6, 6.07) is 15.9. The molecule has 0 bridgehead atoms. The number of methoxy groups -OCH3 is 1. The lowest BCUT2D eigenvalue weighted by atomic mass is 9.86. The average molecular weight is 309 g/mol. The summed E-state index contributed by atoms with van der Waals surface area (Å²) in [5, 5.41) is 2.54. The van der Waals surface area contributed by atoms with E-state index in [-0.39, 0.29) is 18.3 Å². The summed E-state index contributed by atoms with van der Waals surface area (Å²) in [5.74, 6) is 0.848. The second kappa shape index (κ2) is 5.76. The molecule has 0 aliphatic carbocycles.